The molecule has 0 saturated carbocycles. The largest absolute Gasteiger partial charge is 0.353 e. The summed E-state index contributed by atoms with van der Waals surface area (Å²) in [4.78, 5) is 18.0. The fraction of sp³-hybridized carbons (Fsp3) is 0.833. The van der Waals surface area contributed by atoms with Crippen LogP contribution in [0.2, 0.25) is 0 Å². The van der Waals surface area contributed by atoms with Crippen molar-refractivity contribution in [3.05, 3.63) is 0 Å². The lowest BCUT2D eigenvalue weighted by Gasteiger charge is -2.22. The van der Waals surface area contributed by atoms with Gasteiger partial charge in [0, 0.05) is 45.8 Å². The maximum Gasteiger partial charge on any atom is 0.231 e. The Labute approximate surface area is 181 Å². The highest BCUT2D eigenvalue weighted by Crippen LogP contribution is 2.13. The van der Waals surface area contributed by atoms with Gasteiger partial charge in [0.15, 0.2) is 0 Å². The predicted octanol–water partition coefficient (Wildman–Crippen LogP) is 0.0222. The van der Waals surface area contributed by atoms with Crippen LogP contribution in [0.5, 0.6) is 0 Å². The SMILES string of the molecule is CCNCCN(CC)c1nc(NCCNS(C)(=O)=O)nc(NCCN(CC)CC)n1. The van der Waals surface area contributed by atoms with E-state index in [-0.39, 0.29) is 6.54 Å². The van der Waals surface area contributed by atoms with Crippen molar-refractivity contribution >= 4 is 27.9 Å². The van der Waals surface area contributed by atoms with Crippen molar-refractivity contribution in [2.75, 3.05) is 87.2 Å². The number of nitrogens with one attached hydrogen (secondary N) is 4. The van der Waals surface area contributed by atoms with Crippen LogP contribution < -0.4 is 25.6 Å². The Bertz CT molecular complexity index is 699. The van der Waals surface area contributed by atoms with Crippen LogP contribution in [-0.4, -0.2) is 100.0 Å². The van der Waals surface area contributed by atoms with Gasteiger partial charge in [-0.1, -0.05) is 20.8 Å². The molecule has 174 valence electrons. The Kier molecular flexibility index (Phi) is 12.5. The third kappa shape index (κ3) is 10.9. The van der Waals surface area contributed by atoms with E-state index in [2.05, 4.69) is 73.1 Å². The Morgan fingerprint density at radius 3 is 1.97 bits per heavy atom. The number of rotatable bonds is 17. The molecule has 0 aliphatic carbocycles. The monoisotopic (exact) mass is 445 g/mol. The molecule has 0 atom stereocenters. The molecule has 11 nitrogen and oxygen atoms in total. The molecule has 12 heteroatoms. The van der Waals surface area contributed by atoms with Gasteiger partial charge >= 0.3 is 0 Å². The molecule has 0 unspecified atom stereocenters. The Morgan fingerprint density at radius 2 is 1.43 bits per heavy atom. The predicted molar refractivity (Wildman–Crippen MR) is 124 cm³/mol. The maximum atomic E-state index is 11.2. The standard InChI is InChI=1S/C18H39N9O2S/c1-6-19-12-15-27(9-4)18-24-16(20-10-11-22-30(5,28)29)23-17(25-18)21-13-14-26(7-2)8-3/h19,22H,6-15H2,1-5H3,(H2,20,21,23,24,25). The third-order valence-corrected chi connectivity index (χ3v) is 5.20. The van der Waals surface area contributed by atoms with E-state index in [9.17, 15) is 8.42 Å². The van der Waals surface area contributed by atoms with Gasteiger partial charge in [-0.2, -0.15) is 15.0 Å². The van der Waals surface area contributed by atoms with Crippen LogP contribution in [0.25, 0.3) is 0 Å². The second-order valence-electron chi connectivity index (χ2n) is 6.76. The summed E-state index contributed by atoms with van der Waals surface area (Å²) in [5, 5.41) is 9.68. The van der Waals surface area contributed by atoms with Gasteiger partial charge in [0.2, 0.25) is 27.9 Å². The number of hydrogen-bond acceptors (Lipinski definition) is 10. The first kappa shape index (κ1) is 26.3. The molecule has 0 aliphatic heterocycles. The fourth-order valence-electron chi connectivity index (χ4n) is 2.73. The van der Waals surface area contributed by atoms with Crippen molar-refractivity contribution < 1.29 is 8.42 Å². The number of aromatic nitrogens is 3. The highest BCUT2D eigenvalue weighted by Gasteiger charge is 2.13. The van der Waals surface area contributed by atoms with Gasteiger partial charge in [0.05, 0.1) is 6.26 Å². The zero-order valence-electron chi connectivity index (χ0n) is 19.0. The summed E-state index contributed by atoms with van der Waals surface area (Å²) in [6.45, 7) is 15.9. The van der Waals surface area contributed by atoms with Crippen LogP contribution in [0, 0.1) is 0 Å². The average Bonchev–Trinajstić information content (AvgIpc) is 2.71. The van der Waals surface area contributed by atoms with E-state index in [4.69, 9.17) is 0 Å². The van der Waals surface area contributed by atoms with E-state index in [1.807, 2.05) is 0 Å². The first-order valence-electron chi connectivity index (χ1n) is 10.7. The molecule has 0 radical (unpaired) electrons. The lowest BCUT2D eigenvalue weighted by atomic mass is 10.4. The van der Waals surface area contributed by atoms with E-state index < -0.39 is 10.0 Å². The molecule has 0 amide bonds. The van der Waals surface area contributed by atoms with Crippen molar-refractivity contribution in [3.8, 4) is 0 Å². The summed E-state index contributed by atoms with van der Waals surface area (Å²) < 4.78 is 24.9. The Balaban J connectivity index is 2.87. The molecule has 30 heavy (non-hydrogen) atoms. The molecule has 1 aromatic rings. The van der Waals surface area contributed by atoms with Crippen LogP contribution in [0.15, 0.2) is 0 Å². The number of likely N-dealkylation sites (N-methyl/N-ethyl adjacent to an activating group) is 3. The Morgan fingerprint density at radius 1 is 0.800 bits per heavy atom. The molecule has 1 aromatic heterocycles. The summed E-state index contributed by atoms with van der Waals surface area (Å²) in [6, 6.07) is 0. The van der Waals surface area contributed by atoms with Crippen molar-refractivity contribution in [1.29, 1.82) is 0 Å². The topological polar surface area (TPSA) is 127 Å². The van der Waals surface area contributed by atoms with Gasteiger partial charge in [0.25, 0.3) is 0 Å². The van der Waals surface area contributed by atoms with Crippen LogP contribution >= 0.6 is 0 Å². The number of anilines is 3. The highest BCUT2D eigenvalue weighted by molar-refractivity contribution is 7.88. The summed E-state index contributed by atoms with van der Waals surface area (Å²) in [6.07, 6.45) is 1.13. The smallest absolute Gasteiger partial charge is 0.231 e. The second kappa shape index (κ2) is 14.3. The van der Waals surface area contributed by atoms with E-state index in [0.29, 0.717) is 24.4 Å². The maximum absolute atomic E-state index is 11.2. The Hall–Kier alpha value is -1.76. The first-order chi connectivity index (χ1) is 14.3. The number of sulfonamides is 1. The quantitative estimate of drug-likeness (QED) is 0.244. The normalized spacial score (nSPS) is 11.7. The van der Waals surface area contributed by atoms with Crippen LogP contribution in [0.3, 0.4) is 0 Å². The molecule has 0 saturated heterocycles. The van der Waals surface area contributed by atoms with Crippen molar-refractivity contribution in [2.24, 2.45) is 0 Å². The average molecular weight is 446 g/mol. The van der Waals surface area contributed by atoms with Gasteiger partial charge < -0.3 is 25.8 Å². The van der Waals surface area contributed by atoms with Crippen molar-refractivity contribution in [2.45, 2.75) is 27.7 Å². The molecular formula is C18H39N9O2S. The fourth-order valence-corrected chi connectivity index (χ4v) is 3.20. The van der Waals surface area contributed by atoms with E-state index >= 15 is 0 Å². The van der Waals surface area contributed by atoms with Crippen LogP contribution in [-0.2, 0) is 10.0 Å². The molecule has 1 rings (SSSR count). The van der Waals surface area contributed by atoms with Gasteiger partial charge in [-0.25, -0.2) is 13.1 Å². The summed E-state index contributed by atoms with van der Waals surface area (Å²) in [5.41, 5.74) is 0. The zero-order chi connectivity index (χ0) is 22.4. The summed E-state index contributed by atoms with van der Waals surface area (Å²) >= 11 is 0. The number of nitrogens with zero attached hydrogens (tertiary/aromatic N) is 5. The minimum Gasteiger partial charge on any atom is -0.353 e. The zero-order valence-corrected chi connectivity index (χ0v) is 19.8. The van der Waals surface area contributed by atoms with Crippen molar-refractivity contribution in [1.82, 2.24) is 29.9 Å². The van der Waals surface area contributed by atoms with Gasteiger partial charge in [0.1, 0.15) is 0 Å². The highest BCUT2D eigenvalue weighted by atomic mass is 32.2. The van der Waals surface area contributed by atoms with E-state index in [1.54, 1.807) is 0 Å². The molecule has 0 bridgehead atoms. The van der Waals surface area contributed by atoms with E-state index in [0.717, 1.165) is 58.6 Å². The third-order valence-electron chi connectivity index (χ3n) is 4.47. The summed E-state index contributed by atoms with van der Waals surface area (Å²) in [7, 11) is -3.23. The molecule has 4 N–H and O–H groups in total. The van der Waals surface area contributed by atoms with Crippen molar-refractivity contribution in [3.63, 3.8) is 0 Å². The molecule has 0 aromatic carbocycles. The summed E-state index contributed by atoms with van der Waals surface area (Å²) in [5.74, 6) is 1.52. The molecule has 0 spiro atoms. The van der Waals surface area contributed by atoms with E-state index in [1.165, 1.54) is 0 Å². The van der Waals surface area contributed by atoms with Crippen LogP contribution in [0.4, 0.5) is 17.8 Å². The first-order valence-corrected chi connectivity index (χ1v) is 12.6. The minimum absolute atomic E-state index is 0.252. The number of hydrogen-bond donors (Lipinski definition) is 4. The van der Waals surface area contributed by atoms with Gasteiger partial charge in [-0.15, -0.1) is 0 Å². The van der Waals surface area contributed by atoms with Crippen LogP contribution in [0.1, 0.15) is 27.7 Å². The second-order valence-corrected chi connectivity index (χ2v) is 8.60. The van der Waals surface area contributed by atoms with Gasteiger partial charge in [-0.05, 0) is 26.6 Å². The molecule has 0 aliphatic rings. The minimum atomic E-state index is -3.23. The molecule has 1 heterocycles. The lowest BCUT2D eigenvalue weighted by Crippen LogP contribution is -2.34. The lowest BCUT2D eigenvalue weighted by molar-refractivity contribution is 0.316. The molecule has 0 fully saturated rings. The van der Waals surface area contributed by atoms with Gasteiger partial charge in [-0.3, -0.25) is 0 Å². The molecular weight excluding hydrogens is 406 g/mol.